The molecule has 120 valence electrons. The molecule has 1 atom stereocenters. The zero-order chi connectivity index (χ0) is 15.5. The SMILES string of the molecule is CN1CCN(CCN[C@H]2CCc3cc(C(=O)O)ccc32)CC1. The highest BCUT2D eigenvalue weighted by Crippen LogP contribution is 2.31. The van der Waals surface area contributed by atoms with E-state index >= 15 is 0 Å². The van der Waals surface area contributed by atoms with Gasteiger partial charge < -0.3 is 15.3 Å². The number of fused-ring (bicyclic) bond motifs is 1. The van der Waals surface area contributed by atoms with E-state index in [4.69, 9.17) is 5.11 Å². The van der Waals surface area contributed by atoms with Crippen molar-refractivity contribution >= 4 is 5.97 Å². The van der Waals surface area contributed by atoms with Crippen LogP contribution in [0.1, 0.15) is 33.9 Å². The van der Waals surface area contributed by atoms with Gasteiger partial charge in [-0.1, -0.05) is 6.07 Å². The van der Waals surface area contributed by atoms with Crippen LogP contribution >= 0.6 is 0 Å². The number of likely N-dealkylation sites (N-methyl/N-ethyl adjacent to an activating group) is 1. The van der Waals surface area contributed by atoms with E-state index in [2.05, 4.69) is 22.2 Å². The molecule has 1 aromatic rings. The molecule has 1 fully saturated rings. The van der Waals surface area contributed by atoms with Crippen molar-refractivity contribution in [3.05, 3.63) is 34.9 Å². The number of aryl methyl sites for hydroxylation is 1. The summed E-state index contributed by atoms with van der Waals surface area (Å²) in [4.78, 5) is 15.9. The minimum atomic E-state index is -0.839. The molecule has 5 nitrogen and oxygen atoms in total. The normalized spacial score (nSPS) is 22.7. The molecule has 22 heavy (non-hydrogen) atoms. The third-order valence-corrected chi connectivity index (χ3v) is 4.88. The smallest absolute Gasteiger partial charge is 0.335 e. The first-order valence-electron chi connectivity index (χ1n) is 8.14. The molecule has 2 N–H and O–H groups in total. The first kappa shape index (κ1) is 15.5. The average molecular weight is 303 g/mol. The number of piperazine rings is 1. The van der Waals surface area contributed by atoms with Crippen molar-refractivity contribution in [3.63, 3.8) is 0 Å². The van der Waals surface area contributed by atoms with Crippen LogP contribution in [-0.4, -0.2) is 67.2 Å². The van der Waals surface area contributed by atoms with Crippen LogP contribution in [0.4, 0.5) is 0 Å². The van der Waals surface area contributed by atoms with Gasteiger partial charge in [-0.2, -0.15) is 0 Å². The molecule has 5 heteroatoms. The summed E-state index contributed by atoms with van der Waals surface area (Å²) < 4.78 is 0. The minimum absolute atomic E-state index is 0.380. The van der Waals surface area contributed by atoms with E-state index in [1.54, 1.807) is 6.07 Å². The van der Waals surface area contributed by atoms with Gasteiger partial charge in [-0.3, -0.25) is 4.90 Å². The van der Waals surface area contributed by atoms with Gasteiger partial charge in [0.1, 0.15) is 0 Å². The monoisotopic (exact) mass is 303 g/mol. The molecule has 0 bridgehead atoms. The van der Waals surface area contributed by atoms with Gasteiger partial charge in [0, 0.05) is 45.3 Å². The Morgan fingerprint density at radius 3 is 2.82 bits per heavy atom. The average Bonchev–Trinajstić information content (AvgIpc) is 2.92. The van der Waals surface area contributed by atoms with Crippen molar-refractivity contribution in [1.29, 1.82) is 0 Å². The molecule has 1 aromatic carbocycles. The van der Waals surface area contributed by atoms with E-state index in [1.165, 1.54) is 11.1 Å². The molecule has 1 aliphatic heterocycles. The lowest BCUT2D eigenvalue weighted by Gasteiger charge is -2.32. The van der Waals surface area contributed by atoms with Crippen LogP contribution in [0, 0.1) is 0 Å². The Morgan fingerprint density at radius 2 is 2.09 bits per heavy atom. The number of nitrogens with one attached hydrogen (secondary N) is 1. The molecule has 3 rings (SSSR count). The van der Waals surface area contributed by atoms with E-state index < -0.39 is 5.97 Å². The summed E-state index contributed by atoms with van der Waals surface area (Å²) in [5, 5.41) is 12.7. The fourth-order valence-electron chi connectivity index (χ4n) is 3.43. The molecule has 0 spiro atoms. The predicted molar refractivity (Wildman–Crippen MR) is 86.4 cm³/mol. The lowest BCUT2D eigenvalue weighted by Crippen LogP contribution is -2.46. The van der Waals surface area contributed by atoms with Crippen molar-refractivity contribution < 1.29 is 9.90 Å². The van der Waals surface area contributed by atoms with Gasteiger partial charge in [0.2, 0.25) is 0 Å². The molecule has 1 aliphatic carbocycles. The Labute approximate surface area is 131 Å². The molecule has 2 aliphatic rings. The zero-order valence-electron chi connectivity index (χ0n) is 13.2. The summed E-state index contributed by atoms with van der Waals surface area (Å²) in [5.74, 6) is -0.839. The number of benzene rings is 1. The maximum Gasteiger partial charge on any atom is 0.335 e. The van der Waals surface area contributed by atoms with Crippen LogP contribution in [-0.2, 0) is 6.42 Å². The van der Waals surface area contributed by atoms with Crippen LogP contribution in [0.3, 0.4) is 0 Å². The quantitative estimate of drug-likeness (QED) is 0.856. The second kappa shape index (κ2) is 6.77. The highest BCUT2D eigenvalue weighted by Gasteiger charge is 2.23. The summed E-state index contributed by atoms with van der Waals surface area (Å²) in [6, 6.07) is 5.92. The van der Waals surface area contributed by atoms with E-state index in [0.717, 1.165) is 52.1 Å². The number of carboxylic acids is 1. The van der Waals surface area contributed by atoms with Crippen molar-refractivity contribution in [2.45, 2.75) is 18.9 Å². The van der Waals surface area contributed by atoms with Crippen LogP contribution < -0.4 is 5.32 Å². The Hall–Kier alpha value is -1.43. The molecule has 0 radical (unpaired) electrons. The molecule has 1 heterocycles. The van der Waals surface area contributed by atoms with Gasteiger partial charge in [-0.15, -0.1) is 0 Å². The summed E-state index contributed by atoms with van der Waals surface area (Å²) in [6.45, 7) is 6.71. The van der Waals surface area contributed by atoms with Gasteiger partial charge in [0.25, 0.3) is 0 Å². The second-order valence-corrected chi connectivity index (χ2v) is 6.41. The first-order chi connectivity index (χ1) is 10.6. The fraction of sp³-hybridized carbons (Fsp3) is 0.588. The minimum Gasteiger partial charge on any atom is -0.478 e. The number of rotatable bonds is 5. The van der Waals surface area contributed by atoms with E-state index in [9.17, 15) is 4.79 Å². The maximum absolute atomic E-state index is 11.0. The topological polar surface area (TPSA) is 55.8 Å². The van der Waals surface area contributed by atoms with Crippen LogP contribution in [0.25, 0.3) is 0 Å². The fourth-order valence-corrected chi connectivity index (χ4v) is 3.43. The number of carboxylic acid groups (broad SMARTS) is 1. The summed E-state index contributed by atoms with van der Waals surface area (Å²) in [6.07, 6.45) is 2.05. The summed E-state index contributed by atoms with van der Waals surface area (Å²) in [5.41, 5.74) is 2.87. The van der Waals surface area contributed by atoms with Crippen molar-refractivity contribution in [2.24, 2.45) is 0 Å². The zero-order valence-corrected chi connectivity index (χ0v) is 13.2. The van der Waals surface area contributed by atoms with Gasteiger partial charge in [-0.25, -0.2) is 4.79 Å². The molecule has 1 saturated heterocycles. The standard InChI is InChI=1S/C17H25N3O2/c1-19-8-10-20(11-9-19)7-6-18-16-5-3-13-12-14(17(21)22)2-4-15(13)16/h2,4,12,16,18H,3,5-11H2,1H3,(H,21,22)/t16-/m0/s1. The second-order valence-electron chi connectivity index (χ2n) is 6.41. The number of aromatic carboxylic acids is 1. The Kier molecular flexibility index (Phi) is 4.76. The third kappa shape index (κ3) is 3.48. The third-order valence-electron chi connectivity index (χ3n) is 4.88. The van der Waals surface area contributed by atoms with E-state index in [0.29, 0.717) is 11.6 Å². The lowest BCUT2D eigenvalue weighted by molar-refractivity contribution is 0.0697. The highest BCUT2D eigenvalue weighted by atomic mass is 16.4. The molecule has 0 amide bonds. The predicted octanol–water partition coefficient (Wildman–Crippen LogP) is 1.21. The van der Waals surface area contributed by atoms with Gasteiger partial charge >= 0.3 is 5.97 Å². The lowest BCUT2D eigenvalue weighted by atomic mass is 10.0. The number of carbonyl (C=O) groups is 1. The van der Waals surface area contributed by atoms with Crippen molar-refractivity contribution in [2.75, 3.05) is 46.3 Å². The van der Waals surface area contributed by atoms with Gasteiger partial charge in [0.15, 0.2) is 0 Å². The number of nitrogens with zero attached hydrogens (tertiary/aromatic N) is 2. The Morgan fingerprint density at radius 1 is 1.32 bits per heavy atom. The largest absolute Gasteiger partial charge is 0.478 e. The summed E-state index contributed by atoms with van der Waals surface area (Å²) >= 11 is 0. The van der Waals surface area contributed by atoms with Crippen LogP contribution in [0.5, 0.6) is 0 Å². The van der Waals surface area contributed by atoms with Crippen molar-refractivity contribution in [3.8, 4) is 0 Å². The number of hydrogen-bond donors (Lipinski definition) is 2. The van der Waals surface area contributed by atoms with Crippen molar-refractivity contribution in [1.82, 2.24) is 15.1 Å². The first-order valence-corrected chi connectivity index (χ1v) is 8.14. The van der Waals surface area contributed by atoms with Gasteiger partial charge in [0.05, 0.1) is 5.56 Å². The Balaban J connectivity index is 1.50. The molecular weight excluding hydrogens is 278 g/mol. The molecule has 0 saturated carbocycles. The number of hydrogen-bond acceptors (Lipinski definition) is 4. The maximum atomic E-state index is 11.0. The Bertz CT molecular complexity index is 539. The van der Waals surface area contributed by atoms with Crippen LogP contribution in [0.15, 0.2) is 18.2 Å². The van der Waals surface area contributed by atoms with Crippen LogP contribution in [0.2, 0.25) is 0 Å². The molecule has 0 unspecified atom stereocenters. The molecular formula is C17H25N3O2. The van der Waals surface area contributed by atoms with Gasteiger partial charge in [-0.05, 0) is 43.1 Å². The van der Waals surface area contributed by atoms with E-state index in [-0.39, 0.29) is 0 Å². The molecule has 0 aromatic heterocycles. The highest BCUT2D eigenvalue weighted by molar-refractivity contribution is 5.88. The van der Waals surface area contributed by atoms with E-state index in [1.807, 2.05) is 12.1 Å². The summed E-state index contributed by atoms with van der Waals surface area (Å²) in [7, 11) is 2.18.